The Hall–Kier alpha value is -3.86. The van der Waals surface area contributed by atoms with Gasteiger partial charge in [-0.1, -0.05) is 42.5 Å². The Morgan fingerprint density at radius 2 is 1.48 bits per heavy atom. The summed E-state index contributed by atoms with van der Waals surface area (Å²) in [5, 5.41) is 9.41. The maximum Gasteiger partial charge on any atom is 0.202 e. The predicted octanol–water partition coefficient (Wildman–Crippen LogP) is 4.36. The van der Waals surface area contributed by atoms with Crippen LogP contribution in [0.3, 0.4) is 0 Å². The summed E-state index contributed by atoms with van der Waals surface area (Å²) < 4.78 is 10.9. The maximum absolute atomic E-state index is 13.3. The van der Waals surface area contributed by atoms with Crippen LogP contribution in [0, 0.1) is 0 Å². The molecule has 1 aliphatic carbocycles. The molecule has 0 fully saturated rings. The van der Waals surface area contributed by atoms with E-state index in [1.54, 1.807) is 60.7 Å². The van der Waals surface area contributed by atoms with Crippen molar-refractivity contribution in [1.29, 1.82) is 0 Å². The van der Waals surface area contributed by atoms with Crippen LogP contribution in [0.25, 0.3) is 12.2 Å². The molecule has 0 aromatic heterocycles. The molecule has 0 amide bonds. The third kappa shape index (κ3) is 3.06. The molecule has 3 aromatic rings. The number of phenolic OH excluding ortho intramolecular Hbond substituents is 1. The van der Waals surface area contributed by atoms with Gasteiger partial charge in [0.2, 0.25) is 5.78 Å². The first-order valence-electron chi connectivity index (χ1n) is 8.99. The molecule has 0 unspecified atom stereocenters. The summed E-state index contributed by atoms with van der Waals surface area (Å²) >= 11 is 0. The highest BCUT2D eigenvalue weighted by Gasteiger charge is 2.35. The zero-order valence-corrected chi connectivity index (χ0v) is 15.9. The largest absolute Gasteiger partial charge is 0.508 e. The van der Waals surface area contributed by atoms with Gasteiger partial charge in [-0.3, -0.25) is 9.59 Å². The van der Waals surface area contributed by atoms with E-state index in [4.69, 9.17) is 9.47 Å². The second-order valence-electron chi connectivity index (χ2n) is 6.58. The zero-order valence-electron chi connectivity index (χ0n) is 15.9. The number of hydrogen-bond donors (Lipinski definition) is 1. The fourth-order valence-electron chi connectivity index (χ4n) is 3.53. The van der Waals surface area contributed by atoms with Crippen LogP contribution in [0.2, 0.25) is 0 Å². The van der Waals surface area contributed by atoms with E-state index < -0.39 is 0 Å². The number of rotatable bonds is 4. The number of methoxy groups -OCH3 is 2. The fraction of sp³-hybridized carbons (Fsp3) is 0.0833. The van der Waals surface area contributed by atoms with Crippen molar-refractivity contribution in [2.75, 3.05) is 14.2 Å². The van der Waals surface area contributed by atoms with E-state index in [2.05, 4.69) is 0 Å². The number of ether oxygens (including phenoxy) is 2. The van der Waals surface area contributed by atoms with E-state index >= 15 is 0 Å². The van der Waals surface area contributed by atoms with Crippen molar-refractivity contribution >= 4 is 23.7 Å². The SMILES string of the molecule is COc1cccc2c1C(=O)c1c(ccc(/C=C/c3ccc(O)cc3)c1OC)C2=O. The van der Waals surface area contributed by atoms with Crippen LogP contribution < -0.4 is 9.47 Å². The van der Waals surface area contributed by atoms with Gasteiger partial charge in [-0.2, -0.15) is 0 Å². The van der Waals surface area contributed by atoms with E-state index in [9.17, 15) is 14.7 Å². The Balaban J connectivity index is 1.85. The van der Waals surface area contributed by atoms with Crippen LogP contribution in [0.15, 0.2) is 54.6 Å². The van der Waals surface area contributed by atoms with Crippen molar-refractivity contribution in [2.24, 2.45) is 0 Å². The summed E-state index contributed by atoms with van der Waals surface area (Å²) in [5.41, 5.74) is 2.68. The minimum absolute atomic E-state index is 0.185. The van der Waals surface area contributed by atoms with Gasteiger partial charge in [0.05, 0.1) is 25.3 Å². The Morgan fingerprint density at radius 1 is 0.759 bits per heavy atom. The standard InChI is InChI=1S/C24H18O5/c1-28-19-5-3-4-17-20(19)23(27)21-18(22(17)26)13-10-15(24(21)29-2)9-6-14-7-11-16(25)12-8-14/h3-13,25H,1-2H3/b9-6+. The topological polar surface area (TPSA) is 72.8 Å². The minimum Gasteiger partial charge on any atom is -0.508 e. The molecule has 0 saturated heterocycles. The molecule has 4 rings (SSSR count). The molecule has 0 heterocycles. The predicted molar refractivity (Wildman–Crippen MR) is 110 cm³/mol. The molecule has 0 radical (unpaired) electrons. The van der Waals surface area contributed by atoms with Crippen LogP contribution in [0.1, 0.15) is 43.0 Å². The van der Waals surface area contributed by atoms with Gasteiger partial charge in [0.15, 0.2) is 5.78 Å². The highest BCUT2D eigenvalue weighted by atomic mass is 16.5. The molecule has 29 heavy (non-hydrogen) atoms. The number of phenols is 1. The van der Waals surface area contributed by atoms with Gasteiger partial charge >= 0.3 is 0 Å². The number of hydrogen-bond acceptors (Lipinski definition) is 5. The number of benzene rings is 3. The van der Waals surface area contributed by atoms with Gasteiger partial charge in [0.25, 0.3) is 0 Å². The van der Waals surface area contributed by atoms with Gasteiger partial charge in [0.1, 0.15) is 17.2 Å². The third-order valence-electron chi connectivity index (χ3n) is 4.93. The lowest BCUT2D eigenvalue weighted by Crippen LogP contribution is -2.22. The Morgan fingerprint density at radius 3 is 2.17 bits per heavy atom. The van der Waals surface area contributed by atoms with Gasteiger partial charge < -0.3 is 14.6 Å². The van der Waals surface area contributed by atoms with Gasteiger partial charge in [-0.25, -0.2) is 0 Å². The molecule has 0 bridgehead atoms. The van der Waals surface area contributed by atoms with Crippen molar-refractivity contribution in [3.8, 4) is 17.2 Å². The molecule has 5 heteroatoms. The summed E-state index contributed by atoms with van der Waals surface area (Å²) in [5.74, 6) is 0.348. The van der Waals surface area contributed by atoms with E-state index in [0.29, 0.717) is 28.2 Å². The summed E-state index contributed by atoms with van der Waals surface area (Å²) in [4.78, 5) is 26.3. The average Bonchev–Trinajstić information content (AvgIpc) is 2.75. The molecular formula is C24H18O5. The molecule has 0 aliphatic heterocycles. The molecule has 0 saturated carbocycles. The average molecular weight is 386 g/mol. The van der Waals surface area contributed by atoms with Crippen molar-refractivity contribution in [3.63, 3.8) is 0 Å². The smallest absolute Gasteiger partial charge is 0.202 e. The second-order valence-corrected chi connectivity index (χ2v) is 6.58. The van der Waals surface area contributed by atoms with Crippen LogP contribution in [0.4, 0.5) is 0 Å². The number of fused-ring (bicyclic) bond motifs is 2. The lowest BCUT2D eigenvalue weighted by atomic mass is 9.82. The summed E-state index contributed by atoms with van der Waals surface area (Å²) in [6.45, 7) is 0. The number of carbonyl (C=O) groups excluding carboxylic acids is 2. The summed E-state index contributed by atoms with van der Waals surface area (Å²) in [6, 6.07) is 15.1. The Bertz CT molecular complexity index is 1160. The van der Waals surface area contributed by atoms with Crippen molar-refractivity contribution in [3.05, 3.63) is 88.0 Å². The highest BCUT2D eigenvalue weighted by Crippen LogP contribution is 2.39. The first kappa shape index (κ1) is 18.5. The van der Waals surface area contributed by atoms with Crippen LogP contribution in [-0.4, -0.2) is 30.9 Å². The van der Waals surface area contributed by atoms with Crippen LogP contribution in [0.5, 0.6) is 17.2 Å². The first-order valence-corrected chi connectivity index (χ1v) is 8.99. The van der Waals surface area contributed by atoms with Crippen LogP contribution in [-0.2, 0) is 0 Å². The van der Waals surface area contributed by atoms with Gasteiger partial charge in [-0.15, -0.1) is 0 Å². The highest BCUT2D eigenvalue weighted by molar-refractivity contribution is 6.30. The van der Waals surface area contributed by atoms with Gasteiger partial charge in [-0.05, 0) is 29.8 Å². The number of carbonyl (C=O) groups is 2. The molecule has 5 nitrogen and oxygen atoms in total. The molecular weight excluding hydrogens is 368 g/mol. The number of aromatic hydroxyl groups is 1. The van der Waals surface area contributed by atoms with E-state index in [-0.39, 0.29) is 28.4 Å². The quantitative estimate of drug-likeness (QED) is 0.528. The Kier molecular flexibility index (Phi) is 4.64. The summed E-state index contributed by atoms with van der Waals surface area (Å²) in [7, 11) is 2.94. The lowest BCUT2D eigenvalue weighted by Gasteiger charge is -2.22. The second kappa shape index (κ2) is 7.28. The molecule has 1 aliphatic rings. The minimum atomic E-state index is -0.302. The van der Waals surface area contributed by atoms with Crippen LogP contribution >= 0.6 is 0 Å². The van der Waals surface area contributed by atoms with Crippen molar-refractivity contribution < 1.29 is 24.2 Å². The molecule has 0 atom stereocenters. The third-order valence-corrected chi connectivity index (χ3v) is 4.93. The molecule has 0 spiro atoms. The first-order chi connectivity index (χ1) is 14.0. The molecule has 1 N–H and O–H groups in total. The lowest BCUT2D eigenvalue weighted by molar-refractivity contribution is 0.0974. The van der Waals surface area contributed by atoms with E-state index in [1.807, 2.05) is 6.08 Å². The van der Waals surface area contributed by atoms with E-state index in [0.717, 1.165) is 5.56 Å². The Labute approximate surface area is 167 Å². The zero-order chi connectivity index (χ0) is 20.5. The number of ketones is 2. The molecule has 144 valence electrons. The summed E-state index contributed by atoms with van der Waals surface area (Å²) in [6.07, 6.45) is 3.65. The van der Waals surface area contributed by atoms with Crippen molar-refractivity contribution in [1.82, 2.24) is 0 Å². The fourth-order valence-corrected chi connectivity index (χ4v) is 3.53. The molecule has 3 aromatic carbocycles. The van der Waals surface area contributed by atoms with Gasteiger partial charge in [0, 0.05) is 16.7 Å². The van der Waals surface area contributed by atoms with Crippen molar-refractivity contribution in [2.45, 2.75) is 0 Å². The van der Waals surface area contributed by atoms with E-state index in [1.165, 1.54) is 14.2 Å². The monoisotopic (exact) mass is 386 g/mol. The maximum atomic E-state index is 13.3. The normalized spacial score (nSPS) is 12.6.